The van der Waals surface area contributed by atoms with E-state index in [2.05, 4.69) is 5.32 Å². The number of halogens is 2. The number of carbonyl (C=O) groups excluding carboxylic acids is 5. The van der Waals surface area contributed by atoms with Crippen LogP contribution >= 0.6 is 22.9 Å². The number of nitrogens with zero attached hydrogens (tertiary/aromatic N) is 3. The van der Waals surface area contributed by atoms with E-state index in [-0.39, 0.29) is 54.9 Å². The summed E-state index contributed by atoms with van der Waals surface area (Å²) >= 11 is 7.05. The zero-order valence-electron chi connectivity index (χ0n) is 26.3. The van der Waals surface area contributed by atoms with Gasteiger partial charge in [0.15, 0.2) is 0 Å². The number of primary amides is 1. The Balaban J connectivity index is 1.19. The minimum absolute atomic E-state index is 0.0214. The third-order valence-corrected chi connectivity index (χ3v) is 9.26. The maximum Gasteiger partial charge on any atom is 0.414 e. The standard InChI is InChI=1S/C33H35ClFN5O8S/c34-28-11-10-27(49-28)32(45)40(29(42)3-1-2-12-37-25(31(36)44)15-20-4-7-22(41)8-5-20)18-23-17-39(33(46)48-23)26-9-6-21(16-24(26)35)38-13-14-47-19-30(38)43/h4-11,16,23,25,37,41H,1-3,12-15,17-19H2,(H2,36,44)/t23-,25+/m1/s1. The van der Waals surface area contributed by atoms with Gasteiger partial charge in [0, 0.05) is 18.7 Å². The fourth-order valence-corrected chi connectivity index (χ4v) is 6.50. The molecule has 2 atom stereocenters. The molecule has 13 nitrogen and oxygen atoms in total. The molecule has 2 aromatic carbocycles. The summed E-state index contributed by atoms with van der Waals surface area (Å²) in [4.78, 5) is 67.6. The summed E-state index contributed by atoms with van der Waals surface area (Å²) in [6, 6.07) is 12.9. The first-order valence-electron chi connectivity index (χ1n) is 15.6. The van der Waals surface area contributed by atoms with Crippen molar-refractivity contribution < 1.29 is 42.9 Å². The van der Waals surface area contributed by atoms with Crippen molar-refractivity contribution in [3.8, 4) is 5.75 Å². The van der Waals surface area contributed by atoms with Crippen molar-refractivity contribution >= 4 is 64.0 Å². The average molecular weight is 716 g/mol. The van der Waals surface area contributed by atoms with E-state index in [1.165, 1.54) is 41.3 Å². The molecule has 0 radical (unpaired) electrons. The first-order valence-corrected chi connectivity index (χ1v) is 16.8. The van der Waals surface area contributed by atoms with Gasteiger partial charge in [-0.15, -0.1) is 11.3 Å². The first-order chi connectivity index (χ1) is 23.5. The average Bonchev–Trinajstić information content (AvgIpc) is 3.68. The molecule has 4 N–H and O–H groups in total. The fourth-order valence-electron chi connectivity index (χ4n) is 5.50. The molecule has 16 heteroatoms. The number of nitrogens with one attached hydrogen (secondary N) is 1. The summed E-state index contributed by atoms with van der Waals surface area (Å²) in [5.41, 5.74) is 6.62. The van der Waals surface area contributed by atoms with Crippen LogP contribution in [0.2, 0.25) is 4.34 Å². The summed E-state index contributed by atoms with van der Waals surface area (Å²) in [5.74, 6) is -2.61. The van der Waals surface area contributed by atoms with E-state index in [0.717, 1.165) is 32.8 Å². The Labute approximate surface area is 290 Å². The minimum atomic E-state index is -0.950. The lowest BCUT2D eigenvalue weighted by molar-refractivity contribution is -0.129. The number of phenolic OH excluding ortho intramolecular Hbond substituents is 1. The number of rotatable bonds is 14. The highest BCUT2D eigenvalue weighted by molar-refractivity contribution is 7.18. The maximum absolute atomic E-state index is 15.3. The van der Waals surface area contributed by atoms with Crippen LogP contribution in [0.5, 0.6) is 5.75 Å². The molecule has 3 heterocycles. The smallest absolute Gasteiger partial charge is 0.414 e. The molecular formula is C33H35ClFN5O8S. The number of hydrogen-bond acceptors (Lipinski definition) is 10. The molecule has 0 bridgehead atoms. The predicted molar refractivity (Wildman–Crippen MR) is 179 cm³/mol. The lowest BCUT2D eigenvalue weighted by Crippen LogP contribution is -2.43. The second-order valence-corrected chi connectivity index (χ2v) is 13.2. The molecule has 3 aromatic rings. The second kappa shape index (κ2) is 16.2. The number of imide groups is 1. The number of amides is 5. The topological polar surface area (TPSA) is 172 Å². The Morgan fingerprint density at radius 2 is 1.88 bits per heavy atom. The van der Waals surface area contributed by atoms with Crippen LogP contribution in [0.4, 0.5) is 20.6 Å². The largest absolute Gasteiger partial charge is 0.508 e. The van der Waals surface area contributed by atoms with E-state index < -0.39 is 41.8 Å². The van der Waals surface area contributed by atoms with Gasteiger partial charge in [-0.2, -0.15) is 0 Å². The van der Waals surface area contributed by atoms with Gasteiger partial charge in [0.2, 0.25) is 11.8 Å². The van der Waals surface area contributed by atoms with Crippen molar-refractivity contribution in [1.82, 2.24) is 10.2 Å². The van der Waals surface area contributed by atoms with E-state index in [9.17, 15) is 29.1 Å². The molecule has 0 unspecified atom stereocenters. The van der Waals surface area contributed by atoms with Crippen LogP contribution in [0, 0.1) is 5.82 Å². The second-order valence-electron chi connectivity index (χ2n) is 11.5. The number of anilines is 2. The van der Waals surface area contributed by atoms with Gasteiger partial charge >= 0.3 is 6.09 Å². The minimum Gasteiger partial charge on any atom is -0.508 e. The summed E-state index contributed by atoms with van der Waals surface area (Å²) in [5, 5.41) is 12.6. The van der Waals surface area contributed by atoms with Gasteiger partial charge in [0.1, 0.15) is 24.3 Å². The number of hydrogen-bond donors (Lipinski definition) is 3. The highest BCUT2D eigenvalue weighted by Gasteiger charge is 2.38. The number of benzene rings is 2. The number of morpholine rings is 1. The Kier molecular flexibility index (Phi) is 11.8. The van der Waals surface area contributed by atoms with E-state index in [1.807, 2.05) is 0 Å². The summed E-state index contributed by atoms with van der Waals surface area (Å²) in [6.07, 6.45) is -0.652. The van der Waals surface area contributed by atoms with Crippen LogP contribution in [-0.4, -0.2) is 91.3 Å². The highest BCUT2D eigenvalue weighted by atomic mass is 35.5. The number of ether oxygens (including phenoxy) is 2. The van der Waals surface area contributed by atoms with Crippen molar-refractivity contribution in [2.75, 3.05) is 49.2 Å². The van der Waals surface area contributed by atoms with Gasteiger partial charge in [-0.25, -0.2) is 9.18 Å². The van der Waals surface area contributed by atoms with Crippen molar-refractivity contribution in [2.24, 2.45) is 5.73 Å². The van der Waals surface area contributed by atoms with Crippen molar-refractivity contribution in [3.05, 3.63) is 75.2 Å². The number of carbonyl (C=O) groups is 5. The summed E-state index contributed by atoms with van der Waals surface area (Å²) in [6.45, 7) is 0.440. The Hall–Kier alpha value is -4.57. The molecular weight excluding hydrogens is 681 g/mol. The molecule has 1 aromatic heterocycles. The van der Waals surface area contributed by atoms with Crippen molar-refractivity contribution in [3.63, 3.8) is 0 Å². The zero-order chi connectivity index (χ0) is 35.1. The van der Waals surface area contributed by atoms with Gasteiger partial charge < -0.3 is 30.5 Å². The zero-order valence-corrected chi connectivity index (χ0v) is 27.9. The Bertz CT molecular complexity index is 1710. The lowest BCUT2D eigenvalue weighted by atomic mass is 10.0. The molecule has 0 aliphatic carbocycles. The third kappa shape index (κ3) is 9.12. The molecule has 49 heavy (non-hydrogen) atoms. The number of thiophene rings is 1. The lowest BCUT2D eigenvalue weighted by Gasteiger charge is -2.27. The third-order valence-electron chi connectivity index (χ3n) is 8.04. The van der Waals surface area contributed by atoms with Crippen LogP contribution in [0.25, 0.3) is 0 Å². The molecule has 2 aliphatic heterocycles. The summed E-state index contributed by atoms with van der Waals surface area (Å²) in [7, 11) is 0. The highest BCUT2D eigenvalue weighted by Crippen LogP contribution is 2.30. The van der Waals surface area contributed by atoms with E-state index >= 15 is 4.39 Å². The first kappa shape index (κ1) is 35.7. The predicted octanol–water partition coefficient (Wildman–Crippen LogP) is 3.46. The van der Waals surface area contributed by atoms with Crippen LogP contribution < -0.4 is 20.9 Å². The molecule has 5 rings (SSSR count). The van der Waals surface area contributed by atoms with Gasteiger partial charge in [0.25, 0.3) is 11.8 Å². The van der Waals surface area contributed by atoms with Gasteiger partial charge in [0.05, 0.1) is 40.6 Å². The number of cyclic esters (lactones) is 1. The normalized spacial score (nSPS) is 16.8. The van der Waals surface area contributed by atoms with Gasteiger partial charge in [-0.3, -0.25) is 29.0 Å². The van der Waals surface area contributed by atoms with Crippen molar-refractivity contribution in [2.45, 2.75) is 37.8 Å². The number of aromatic hydroxyl groups is 1. The molecule has 2 fully saturated rings. The van der Waals surface area contributed by atoms with Crippen LogP contribution in [0.1, 0.15) is 34.5 Å². The SMILES string of the molecule is NC(=O)[C@H](Cc1ccc(O)cc1)NCCCCC(=O)N(C[C@H]1CN(c2ccc(N3CCOCC3=O)cc2F)C(=O)O1)C(=O)c1ccc(Cl)s1. The Morgan fingerprint density at radius 1 is 1.10 bits per heavy atom. The molecule has 5 amide bonds. The van der Waals surface area contributed by atoms with E-state index in [1.54, 1.807) is 12.1 Å². The summed E-state index contributed by atoms with van der Waals surface area (Å²) < 4.78 is 26.2. The molecule has 0 saturated carbocycles. The molecule has 260 valence electrons. The van der Waals surface area contributed by atoms with Crippen LogP contribution in [-0.2, 0) is 30.3 Å². The monoisotopic (exact) mass is 715 g/mol. The van der Waals surface area contributed by atoms with E-state index in [4.69, 9.17) is 26.8 Å². The van der Waals surface area contributed by atoms with E-state index in [0.29, 0.717) is 42.4 Å². The molecule has 2 aliphatic rings. The van der Waals surface area contributed by atoms with Gasteiger partial charge in [-0.1, -0.05) is 23.7 Å². The quantitative estimate of drug-likeness (QED) is 0.212. The molecule has 0 spiro atoms. The maximum atomic E-state index is 15.3. The van der Waals surface area contributed by atoms with Crippen molar-refractivity contribution in [1.29, 1.82) is 0 Å². The molecule has 2 saturated heterocycles. The van der Waals surface area contributed by atoms with Gasteiger partial charge in [-0.05, 0) is 73.8 Å². The van der Waals surface area contributed by atoms with Crippen LogP contribution in [0.3, 0.4) is 0 Å². The van der Waals surface area contributed by atoms with Crippen LogP contribution in [0.15, 0.2) is 54.6 Å². The Morgan fingerprint density at radius 3 is 2.55 bits per heavy atom. The number of nitrogens with two attached hydrogens (primary N) is 1. The number of phenols is 1. The fraction of sp³-hybridized carbons (Fsp3) is 0.364. The number of unbranched alkanes of at least 4 members (excludes halogenated alkanes) is 1.